The van der Waals surface area contributed by atoms with E-state index in [0.29, 0.717) is 12.1 Å². The van der Waals surface area contributed by atoms with E-state index in [9.17, 15) is 4.39 Å². The van der Waals surface area contributed by atoms with E-state index < -0.39 is 0 Å². The standard InChI is InChI=1S/C23H30FN2/c1-26(2)13-6-5-11-20(26)16-25-22-15-17-8-3-4-12-21(17)23(22)18-9-7-10-19(24)14-18/h3-4,7-10,12,14,20,22-23,25H,5-6,11,13,15-16H2,1-2H3/q+1. The van der Waals surface area contributed by atoms with E-state index in [2.05, 4.69) is 49.7 Å². The molecule has 2 aromatic carbocycles. The number of hydrogen-bond donors (Lipinski definition) is 1. The second-order valence-corrected chi connectivity index (χ2v) is 8.60. The molecule has 3 unspecified atom stereocenters. The fourth-order valence-electron chi connectivity index (χ4n) is 4.96. The molecule has 4 rings (SSSR count). The van der Waals surface area contributed by atoms with Crippen LogP contribution in [0, 0.1) is 5.82 Å². The molecule has 2 aliphatic rings. The Morgan fingerprint density at radius 2 is 1.92 bits per heavy atom. The largest absolute Gasteiger partial charge is 0.325 e. The lowest BCUT2D eigenvalue weighted by atomic mass is 9.89. The number of rotatable bonds is 4. The van der Waals surface area contributed by atoms with Gasteiger partial charge in [-0.3, -0.25) is 0 Å². The van der Waals surface area contributed by atoms with Crippen molar-refractivity contribution in [3.8, 4) is 0 Å². The Kier molecular flexibility index (Phi) is 4.85. The van der Waals surface area contributed by atoms with Gasteiger partial charge in [-0.15, -0.1) is 0 Å². The number of nitrogens with one attached hydrogen (secondary N) is 1. The van der Waals surface area contributed by atoms with Gasteiger partial charge in [0.05, 0.1) is 20.6 Å². The summed E-state index contributed by atoms with van der Waals surface area (Å²) < 4.78 is 15.0. The minimum Gasteiger partial charge on any atom is -0.325 e. The van der Waals surface area contributed by atoms with Crippen LogP contribution >= 0.6 is 0 Å². The van der Waals surface area contributed by atoms with Crippen molar-refractivity contribution in [2.45, 2.75) is 43.7 Å². The predicted octanol–water partition coefficient (Wildman–Crippen LogP) is 4.10. The van der Waals surface area contributed by atoms with Crippen LogP contribution in [0.1, 0.15) is 41.9 Å². The first kappa shape index (κ1) is 17.7. The smallest absolute Gasteiger partial charge is 0.123 e. The third kappa shape index (κ3) is 3.43. The van der Waals surface area contributed by atoms with Gasteiger partial charge in [0.1, 0.15) is 11.9 Å². The summed E-state index contributed by atoms with van der Waals surface area (Å²) in [4.78, 5) is 0. The maximum absolute atomic E-state index is 13.9. The van der Waals surface area contributed by atoms with Gasteiger partial charge in [-0.1, -0.05) is 36.4 Å². The lowest BCUT2D eigenvalue weighted by molar-refractivity contribution is -0.918. The first-order valence-electron chi connectivity index (χ1n) is 9.94. The average molecular weight is 354 g/mol. The zero-order valence-corrected chi connectivity index (χ0v) is 15.9. The van der Waals surface area contributed by atoms with Gasteiger partial charge in [0.25, 0.3) is 0 Å². The lowest BCUT2D eigenvalue weighted by Gasteiger charge is -2.42. The van der Waals surface area contributed by atoms with E-state index in [1.807, 2.05) is 6.07 Å². The SMILES string of the molecule is C[N+]1(C)CCCCC1CNC1Cc2ccccc2C1c1cccc(F)c1. The number of hydrogen-bond acceptors (Lipinski definition) is 1. The van der Waals surface area contributed by atoms with Crippen molar-refractivity contribution in [3.05, 3.63) is 71.0 Å². The number of piperidine rings is 1. The molecule has 26 heavy (non-hydrogen) atoms. The Bertz CT molecular complexity index is 770. The predicted molar refractivity (Wildman–Crippen MR) is 105 cm³/mol. The van der Waals surface area contributed by atoms with Gasteiger partial charge in [0.15, 0.2) is 0 Å². The number of benzene rings is 2. The van der Waals surface area contributed by atoms with Crippen molar-refractivity contribution in [2.75, 3.05) is 27.2 Å². The molecule has 1 fully saturated rings. The van der Waals surface area contributed by atoms with Gasteiger partial charge in [0, 0.05) is 24.9 Å². The van der Waals surface area contributed by atoms with E-state index in [4.69, 9.17) is 0 Å². The van der Waals surface area contributed by atoms with E-state index in [1.165, 1.54) is 43.0 Å². The van der Waals surface area contributed by atoms with Crippen LogP contribution in [0.4, 0.5) is 4.39 Å². The first-order valence-corrected chi connectivity index (χ1v) is 9.94. The van der Waals surface area contributed by atoms with Crippen molar-refractivity contribution in [1.82, 2.24) is 5.32 Å². The normalized spacial score (nSPS) is 27.3. The summed E-state index contributed by atoms with van der Waals surface area (Å²) in [5.41, 5.74) is 3.84. The summed E-state index contributed by atoms with van der Waals surface area (Å²) >= 11 is 0. The minimum absolute atomic E-state index is 0.143. The molecule has 0 amide bonds. The third-order valence-electron chi connectivity index (χ3n) is 6.57. The molecular formula is C23H30FN2+. The molecular weight excluding hydrogens is 323 g/mol. The first-order chi connectivity index (χ1) is 12.5. The van der Waals surface area contributed by atoms with E-state index in [-0.39, 0.29) is 11.7 Å². The second-order valence-electron chi connectivity index (χ2n) is 8.60. The van der Waals surface area contributed by atoms with Crippen molar-refractivity contribution in [3.63, 3.8) is 0 Å². The maximum Gasteiger partial charge on any atom is 0.123 e. The number of nitrogens with zero attached hydrogens (tertiary/aromatic N) is 1. The van der Waals surface area contributed by atoms with Gasteiger partial charge < -0.3 is 9.80 Å². The van der Waals surface area contributed by atoms with Crippen LogP contribution in [0.15, 0.2) is 48.5 Å². The molecule has 0 saturated carbocycles. The zero-order valence-electron chi connectivity index (χ0n) is 15.9. The summed E-state index contributed by atoms with van der Waals surface area (Å²) in [6.45, 7) is 2.31. The van der Waals surface area contributed by atoms with Crippen LogP contribution in [-0.4, -0.2) is 43.8 Å². The molecule has 3 atom stereocenters. The lowest BCUT2D eigenvalue weighted by Crippen LogP contribution is -2.57. The quantitative estimate of drug-likeness (QED) is 0.816. The molecule has 1 heterocycles. The fraction of sp³-hybridized carbons (Fsp3) is 0.478. The molecule has 1 N–H and O–H groups in total. The van der Waals surface area contributed by atoms with Crippen LogP contribution in [0.2, 0.25) is 0 Å². The van der Waals surface area contributed by atoms with Gasteiger partial charge in [0.2, 0.25) is 0 Å². The highest BCUT2D eigenvalue weighted by molar-refractivity contribution is 5.45. The van der Waals surface area contributed by atoms with Crippen molar-refractivity contribution in [1.29, 1.82) is 0 Å². The Morgan fingerprint density at radius 3 is 2.73 bits per heavy atom. The summed E-state index contributed by atoms with van der Waals surface area (Å²) in [5, 5.41) is 3.88. The van der Waals surface area contributed by atoms with Crippen LogP contribution < -0.4 is 5.32 Å². The molecule has 0 bridgehead atoms. The van der Waals surface area contributed by atoms with Crippen LogP contribution in [0.3, 0.4) is 0 Å². The third-order valence-corrected chi connectivity index (χ3v) is 6.57. The Morgan fingerprint density at radius 1 is 1.08 bits per heavy atom. The highest BCUT2D eigenvalue weighted by atomic mass is 19.1. The molecule has 0 spiro atoms. The monoisotopic (exact) mass is 353 g/mol. The fourth-order valence-corrected chi connectivity index (χ4v) is 4.96. The Balaban J connectivity index is 1.57. The van der Waals surface area contributed by atoms with E-state index in [0.717, 1.165) is 23.0 Å². The molecule has 1 aliphatic heterocycles. The number of quaternary nitrogens is 1. The maximum atomic E-state index is 13.9. The van der Waals surface area contributed by atoms with Gasteiger partial charge in [-0.05, 0) is 48.1 Å². The Labute approximate surface area is 156 Å². The van der Waals surface area contributed by atoms with Crippen LogP contribution in [0.5, 0.6) is 0 Å². The molecule has 2 aromatic rings. The summed E-state index contributed by atoms with van der Waals surface area (Å²) in [7, 11) is 4.72. The van der Waals surface area contributed by atoms with Crippen molar-refractivity contribution >= 4 is 0 Å². The van der Waals surface area contributed by atoms with E-state index in [1.54, 1.807) is 6.07 Å². The minimum atomic E-state index is -0.143. The van der Waals surface area contributed by atoms with Gasteiger partial charge >= 0.3 is 0 Å². The van der Waals surface area contributed by atoms with Gasteiger partial charge in [-0.2, -0.15) is 0 Å². The molecule has 0 radical (unpaired) electrons. The molecule has 0 aromatic heterocycles. The van der Waals surface area contributed by atoms with Gasteiger partial charge in [-0.25, -0.2) is 4.39 Å². The van der Waals surface area contributed by atoms with Crippen molar-refractivity contribution in [2.24, 2.45) is 0 Å². The number of likely N-dealkylation sites (tertiary alicyclic amines) is 1. The summed E-state index contributed by atoms with van der Waals surface area (Å²) in [5.74, 6) is 0.0943. The van der Waals surface area contributed by atoms with Crippen LogP contribution in [0.25, 0.3) is 0 Å². The number of halogens is 1. The van der Waals surface area contributed by atoms with E-state index >= 15 is 0 Å². The highest BCUT2D eigenvalue weighted by Crippen LogP contribution is 2.38. The molecule has 2 nitrogen and oxygen atoms in total. The van der Waals surface area contributed by atoms with Crippen LogP contribution in [-0.2, 0) is 6.42 Å². The number of fused-ring (bicyclic) bond motifs is 1. The topological polar surface area (TPSA) is 12.0 Å². The highest BCUT2D eigenvalue weighted by Gasteiger charge is 2.36. The zero-order chi connectivity index (χ0) is 18.1. The summed E-state index contributed by atoms with van der Waals surface area (Å²) in [6.07, 6.45) is 5.00. The van der Waals surface area contributed by atoms with Crippen molar-refractivity contribution < 1.29 is 8.87 Å². The molecule has 138 valence electrons. The summed E-state index contributed by atoms with van der Waals surface area (Å²) in [6, 6.07) is 16.8. The number of likely N-dealkylation sites (N-methyl/N-ethyl adjacent to an activating group) is 1. The molecule has 1 saturated heterocycles. The molecule has 3 heteroatoms. The second kappa shape index (κ2) is 7.13. The molecule has 1 aliphatic carbocycles. The Hall–Kier alpha value is -1.71. The average Bonchev–Trinajstić information content (AvgIpc) is 2.99.